The van der Waals surface area contributed by atoms with Gasteiger partial charge in [-0.2, -0.15) is 0 Å². The Balaban J connectivity index is 1.46. The summed E-state index contributed by atoms with van der Waals surface area (Å²) in [5.41, 5.74) is 1.33. The van der Waals surface area contributed by atoms with Crippen LogP contribution in [0.3, 0.4) is 0 Å². The van der Waals surface area contributed by atoms with E-state index in [2.05, 4.69) is 15.3 Å². The van der Waals surface area contributed by atoms with Gasteiger partial charge in [0.25, 0.3) is 11.6 Å². The van der Waals surface area contributed by atoms with Crippen LogP contribution in [0, 0.1) is 10.1 Å². The number of carbonyl (C=O) groups is 1. The molecular weight excluding hydrogens is 392 g/mol. The lowest BCUT2D eigenvalue weighted by atomic mass is 10.1. The number of carbonyl (C=O) groups excluding carboxylic acids is 1. The molecule has 2 aromatic carbocycles. The van der Waals surface area contributed by atoms with Crippen molar-refractivity contribution < 1.29 is 23.6 Å². The number of hydrogen-bond donors (Lipinski definition) is 2. The van der Waals surface area contributed by atoms with Gasteiger partial charge in [-0.05, 0) is 30.3 Å². The summed E-state index contributed by atoms with van der Waals surface area (Å²) in [4.78, 5) is 31.2. The first kappa shape index (κ1) is 17.7. The number of nitro benzene ring substituents is 1. The van der Waals surface area contributed by atoms with Crippen LogP contribution in [0.25, 0.3) is 22.6 Å². The second-order valence-corrected chi connectivity index (χ2v) is 6.52. The van der Waals surface area contributed by atoms with E-state index in [9.17, 15) is 14.9 Å². The molecule has 30 heavy (non-hydrogen) atoms. The second kappa shape index (κ2) is 6.92. The normalized spacial score (nSPS) is 12.7. The van der Waals surface area contributed by atoms with Gasteiger partial charge in [0.05, 0.1) is 28.3 Å². The fraction of sp³-hybridized carbons (Fsp3) is 0.100. The number of aromatic amines is 1. The lowest BCUT2D eigenvalue weighted by molar-refractivity contribution is -0.385. The molecule has 2 N–H and O–H groups in total. The molecule has 3 heterocycles. The summed E-state index contributed by atoms with van der Waals surface area (Å²) in [7, 11) is 0. The molecule has 1 amide bonds. The van der Waals surface area contributed by atoms with Crippen LogP contribution in [0.15, 0.2) is 53.1 Å². The predicted octanol–water partition coefficient (Wildman–Crippen LogP) is 3.75. The molecular formula is C20H14N4O6. The molecule has 1 aliphatic heterocycles. The second-order valence-electron chi connectivity index (χ2n) is 6.52. The number of imidazole rings is 1. The Hall–Kier alpha value is -4.34. The van der Waals surface area contributed by atoms with E-state index in [1.807, 2.05) is 0 Å². The molecule has 0 fully saturated rings. The number of hydrogen-bond acceptors (Lipinski definition) is 7. The molecule has 0 aliphatic carbocycles. The average molecular weight is 406 g/mol. The van der Waals surface area contributed by atoms with Crippen LogP contribution in [0.5, 0.6) is 11.5 Å². The van der Waals surface area contributed by atoms with Crippen molar-refractivity contribution in [1.29, 1.82) is 0 Å². The molecule has 4 aromatic rings. The van der Waals surface area contributed by atoms with Gasteiger partial charge in [0.15, 0.2) is 23.1 Å². The maximum Gasteiger partial charge on any atom is 0.286 e. The van der Waals surface area contributed by atoms with Gasteiger partial charge in [-0.3, -0.25) is 14.9 Å². The number of ether oxygens (including phenoxy) is 2. The Bertz CT molecular complexity index is 1280. The topological polar surface area (TPSA) is 133 Å². The minimum atomic E-state index is -0.635. The van der Waals surface area contributed by atoms with E-state index < -0.39 is 10.8 Å². The van der Waals surface area contributed by atoms with Gasteiger partial charge in [-0.15, -0.1) is 0 Å². The number of fused-ring (bicyclic) bond motifs is 2. The smallest absolute Gasteiger partial charge is 0.286 e. The number of nitrogens with zero attached hydrogens (tertiary/aromatic N) is 2. The molecule has 0 saturated carbocycles. The summed E-state index contributed by atoms with van der Waals surface area (Å²) in [6, 6.07) is 11.2. The average Bonchev–Trinajstić information content (AvgIpc) is 3.42. The highest BCUT2D eigenvalue weighted by molar-refractivity contribution is 6.08. The quantitative estimate of drug-likeness (QED) is 0.389. The number of benzene rings is 2. The zero-order chi connectivity index (χ0) is 20.7. The monoisotopic (exact) mass is 406 g/mol. The van der Waals surface area contributed by atoms with Crippen molar-refractivity contribution in [3.05, 3.63) is 64.4 Å². The highest BCUT2D eigenvalue weighted by atomic mass is 16.6. The fourth-order valence-corrected chi connectivity index (χ4v) is 3.23. The summed E-state index contributed by atoms with van der Waals surface area (Å²) in [6.45, 7) is 0.597. The lowest BCUT2D eigenvalue weighted by Gasteiger charge is -2.18. The third-order valence-electron chi connectivity index (χ3n) is 4.60. The van der Waals surface area contributed by atoms with Crippen molar-refractivity contribution in [3.8, 4) is 23.1 Å². The number of furan rings is 1. The van der Waals surface area contributed by atoms with E-state index in [4.69, 9.17) is 13.9 Å². The van der Waals surface area contributed by atoms with Crippen LogP contribution in [0.1, 0.15) is 10.4 Å². The molecule has 2 aromatic heterocycles. The maximum absolute atomic E-state index is 12.8. The Morgan fingerprint density at radius 2 is 1.93 bits per heavy atom. The first-order valence-electron chi connectivity index (χ1n) is 9.01. The highest BCUT2D eigenvalue weighted by Crippen LogP contribution is 2.37. The van der Waals surface area contributed by atoms with Crippen LogP contribution >= 0.6 is 0 Å². The first-order valence-corrected chi connectivity index (χ1v) is 9.01. The molecule has 10 heteroatoms. The number of nitrogens with one attached hydrogen (secondary N) is 2. The highest BCUT2D eigenvalue weighted by Gasteiger charge is 2.26. The molecule has 5 rings (SSSR count). The molecule has 150 valence electrons. The van der Waals surface area contributed by atoms with Crippen molar-refractivity contribution in [2.75, 3.05) is 18.5 Å². The van der Waals surface area contributed by atoms with Gasteiger partial charge in [0, 0.05) is 11.8 Å². The Kier molecular flexibility index (Phi) is 4.09. The lowest BCUT2D eigenvalue weighted by Crippen LogP contribution is -2.18. The van der Waals surface area contributed by atoms with Crippen molar-refractivity contribution in [2.45, 2.75) is 0 Å². The molecule has 10 nitrogen and oxygen atoms in total. The zero-order valence-electron chi connectivity index (χ0n) is 15.4. The van der Waals surface area contributed by atoms with E-state index in [1.54, 1.807) is 36.6 Å². The maximum atomic E-state index is 12.8. The van der Waals surface area contributed by atoms with E-state index >= 15 is 0 Å². The number of nitro groups is 1. The largest absolute Gasteiger partial charge is 0.486 e. The van der Waals surface area contributed by atoms with Crippen molar-refractivity contribution >= 4 is 28.3 Å². The number of amides is 1. The van der Waals surface area contributed by atoms with E-state index in [1.165, 1.54) is 12.1 Å². The van der Waals surface area contributed by atoms with Crippen molar-refractivity contribution in [1.82, 2.24) is 9.97 Å². The third kappa shape index (κ3) is 3.09. The summed E-state index contributed by atoms with van der Waals surface area (Å²) in [5.74, 6) is 1.05. The van der Waals surface area contributed by atoms with Crippen LogP contribution < -0.4 is 14.8 Å². The van der Waals surface area contributed by atoms with Crippen LogP contribution in [-0.4, -0.2) is 34.0 Å². The SMILES string of the molecule is O=C(Nc1ccc2nc(-c3ccco3)[nH]c2c1)c1cc2c(cc1[N+](=O)[O-])OCCO2. The van der Waals surface area contributed by atoms with Gasteiger partial charge in [-0.1, -0.05) is 0 Å². The van der Waals surface area contributed by atoms with E-state index in [0.29, 0.717) is 47.3 Å². The van der Waals surface area contributed by atoms with Gasteiger partial charge in [0.2, 0.25) is 0 Å². The molecule has 0 unspecified atom stereocenters. The molecule has 0 bridgehead atoms. The van der Waals surface area contributed by atoms with E-state index in [0.717, 1.165) is 0 Å². The summed E-state index contributed by atoms with van der Waals surface area (Å²) in [5, 5.41) is 14.1. The zero-order valence-corrected chi connectivity index (χ0v) is 15.4. The van der Waals surface area contributed by atoms with Crippen LogP contribution in [0.4, 0.5) is 11.4 Å². The fourth-order valence-electron chi connectivity index (χ4n) is 3.23. The minimum Gasteiger partial charge on any atom is -0.486 e. The number of aromatic nitrogens is 2. The number of rotatable bonds is 4. The van der Waals surface area contributed by atoms with Gasteiger partial charge in [0.1, 0.15) is 18.8 Å². The molecule has 0 atom stereocenters. The number of H-pyrrole nitrogens is 1. The van der Waals surface area contributed by atoms with Crippen molar-refractivity contribution in [3.63, 3.8) is 0 Å². The Morgan fingerprint density at radius 3 is 2.67 bits per heavy atom. The van der Waals surface area contributed by atoms with Crippen LogP contribution in [0.2, 0.25) is 0 Å². The predicted molar refractivity (Wildman–Crippen MR) is 106 cm³/mol. The summed E-state index contributed by atoms with van der Waals surface area (Å²) < 4.78 is 16.1. The Morgan fingerprint density at radius 1 is 1.13 bits per heavy atom. The minimum absolute atomic E-state index is 0.120. The molecule has 1 aliphatic rings. The van der Waals surface area contributed by atoms with E-state index in [-0.39, 0.29) is 17.0 Å². The van der Waals surface area contributed by atoms with Gasteiger partial charge in [-0.25, -0.2) is 4.98 Å². The molecule has 0 spiro atoms. The van der Waals surface area contributed by atoms with Crippen LogP contribution in [-0.2, 0) is 0 Å². The number of anilines is 1. The summed E-state index contributed by atoms with van der Waals surface area (Å²) >= 11 is 0. The molecule has 0 radical (unpaired) electrons. The standard InChI is InChI=1S/C20H14N4O6/c25-20(12-9-17-18(30-7-6-29-17)10-15(12)24(26)27)21-11-3-4-13-14(8-11)23-19(22-13)16-2-1-5-28-16/h1-5,8-10H,6-7H2,(H,21,25)(H,22,23). The van der Waals surface area contributed by atoms with Gasteiger partial charge < -0.3 is 24.2 Å². The first-order chi connectivity index (χ1) is 14.6. The van der Waals surface area contributed by atoms with Gasteiger partial charge >= 0.3 is 0 Å². The Labute approximate surface area is 168 Å². The third-order valence-corrected chi connectivity index (χ3v) is 4.60. The summed E-state index contributed by atoms with van der Waals surface area (Å²) in [6.07, 6.45) is 1.55. The van der Waals surface area contributed by atoms with Crippen molar-refractivity contribution in [2.24, 2.45) is 0 Å². The molecule has 0 saturated heterocycles.